The second-order valence-corrected chi connectivity index (χ2v) is 4.20. The molecule has 0 aromatic heterocycles. The molecule has 3 nitrogen and oxygen atoms in total. The fraction of sp³-hybridized carbons (Fsp3) is 0.182. The molecule has 0 saturated heterocycles. The van der Waals surface area contributed by atoms with Crippen LogP contribution in [-0.2, 0) is 4.79 Å². The van der Waals surface area contributed by atoms with Crippen LogP contribution in [0.15, 0.2) is 35.7 Å². The molecule has 18 heavy (non-hydrogen) atoms. The van der Waals surface area contributed by atoms with Crippen LogP contribution in [0.3, 0.4) is 0 Å². The van der Waals surface area contributed by atoms with Gasteiger partial charge in [-0.1, -0.05) is 6.58 Å². The summed E-state index contributed by atoms with van der Waals surface area (Å²) in [4.78, 5) is 10.5. The molecular weight excluding hydrogens is 269 g/mol. The Balaban J connectivity index is 2.61. The van der Waals surface area contributed by atoms with Gasteiger partial charge in [0.1, 0.15) is 11.5 Å². The lowest BCUT2D eigenvalue weighted by Gasteiger charge is -2.08. The van der Waals surface area contributed by atoms with Crippen molar-refractivity contribution in [3.8, 4) is 11.5 Å². The average Bonchev–Trinajstić information content (AvgIpc) is 2.27. The molecule has 0 fully saturated rings. The van der Waals surface area contributed by atoms with E-state index < -0.39 is 28.1 Å². The Morgan fingerprint density at radius 1 is 1.22 bits per heavy atom. The second-order valence-electron chi connectivity index (χ2n) is 3.04. The summed E-state index contributed by atoms with van der Waals surface area (Å²) >= 11 is -0.602. The molecule has 0 N–H and O–H groups in total. The SMILES string of the molecule is C=C(SC(F)(F)F)C(=O)Oc1ccc(OC)cc1. The molecule has 0 amide bonds. The van der Waals surface area contributed by atoms with Crippen LogP contribution in [0.4, 0.5) is 13.2 Å². The van der Waals surface area contributed by atoms with Crippen molar-refractivity contribution in [2.24, 2.45) is 0 Å². The molecule has 0 unspecified atom stereocenters. The maximum Gasteiger partial charge on any atom is 0.446 e. The summed E-state index contributed by atoms with van der Waals surface area (Å²) in [6, 6.07) is 5.84. The lowest BCUT2D eigenvalue weighted by Crippen LogP contribution is -2.12. The summed E-state index contributed by atoms with van der Waals surface area (Å²) in [5.74, 6) is -0.481. The second kappa shape index (κ2) is 5.81. The first-order valence-electron chi connectivity index (χ1n) is 4.62. The van der Waals surface area contributed by atoms with Crippen LogP contribution >= 0.6 is 11.8 Å². The number of halogens is 3. The molecule has 0 aliphatic carbocycles. The van der Waals surface area contributed by atoms with Crippen LogP contribution in [0.2, 0.25) is 0 Å². The van der Waals surface area contributed by atoms with Crippen molar-refractivity contribution in [1.82, 2.24) is 0 Å². The zero-order valence-electron chi connectivity index (χ0n) is 9.28. The van der Waals surface area contributed by atoms with Crippen LogP contribution in [-0.4, -0.2) is 18.6 Å². The Kier molecular flexibility index (Phi) is 4.66. The average molecular weight is 278 g/mol. The molecule has 98 valence electrons. The first kappa shape index (κ1) is 14.4. The highest BCUT2D eigenvalue weighted by Crippen LogP contribution is 2.36. The molecule has 0 saturated carbocycles. The molecule has 1 rings (SSSR count). The Labute approximate surface area is 106 Å². The van der Waals surface area contributed by atoms with Crippen LogP contribution in [0.1, 0.15) is 0 Å². The van der Waals surface area contributed by atoms with E-state index >= 15 is 0 Å². The molecule has 1 aromatic carbocycles. The van der Waals surface area contributed by atoms with Gasteiger partial charge in [-0.2, -0.15) is 13.2 Å². The Hall–Kier alpha value is -1.63. The van der Waals surface area contributed by atoms with Crippen LogP contribution < -0.4 is 9.47 Å². The Morgan fingerprint density at radius 3 is 2.17 bits per heavy atom. The zero-order chi connectivity index (χ0) is 13.8. The van der Waals surface area contributed by atoms with Crippen molar-refractivity contribution >= 4 is 17.7 Å². The number of carbonyl (C=O) groups excluding carboxylic acids is 1. The van der Waals surface area contributed by atoms with Crippen LogP contribution in [0.25, 0.3) is 0 Å². The summed E-state index contributed by atoms with van der Waals surface area (Å²) < 4.78 is 45.5. The molecule has 0 aliphatic rings. The summed E-state index contributed by atoms with van der Waals surface area (Å²) in [5, 5.41) is 0. The monoisotopic (exact) mass is 278 g/mol. The van der Waals surface area contributed by atoms with Crippen molar-refractivity contribution in [2.75, 3.05) is 7.11 Å². The smallest absolute Gasteiger partial charge is 0.446 e. The fourth-order valence-corrected chi connectivity index (χ4v) is 1.39. The van der Waals surface area contributed by atoms with Gasteiger partial charge in [0.15, 0.2) is 0 Å². The standard InChI is InChI=1S/C11H9F3O3S/c1-7(18-11(12,13)14)10(15)17-9-5-3-8(16-2)4-6-9/h3-6H,1H2,2H3. The highest BCUT2D eigenvalue weighted by molar-refractivity contribution is 8.04. The van der Waals surface area contributed by atoms with E-state index in [0.29, 0.717) is 5.75 Å². The fourth-order valence-electron chi connectivity index (χ4n) is 0.989. The number of alkyl halides is 3. The number of rotatable bonds is 4. The van der Waals surface area contributed by atoms with E-state index in [9.17, 15) is 18.0 Å². The summed E-state index contributed by atoms with van der Waals surface area (Å²) in [6.45, 7) is 3.01. The van der Waals surface area contributed by atoms with Gasteiger partial charge in [-0.25, -0.2) is 4.79 Å². The molecule has 0 heterocycles. The van der Waals surface area contributed by atoms with Crippen molar-refractivity contribution < 1.29 is 27.4 Å². The van der Waals surface area contributed by atoms with E-state index in [4.69, 9.17) is 9.47 Å². The molecule has 0 aliphatic heterocycles. The third kappa shape index (κ3) is 4.70. The minimum absolute atomic E-state index is 0.115. The number of benzene rings is 1. The molecule has 0 atom stereocenters. The first-order chi connectivity index (χ1) is 8.31. The van der Waals surface area contributed by atoms with Crippen LogP contribution in [0.5, 0.6) is 11.5 Å². The van der Waals surface area contributed by atoms with E-state index in [1.54, 1.807) is 0 Å². The van der Waals surface area contributed by atoms with Gasteiger partial charge in [-0.05, 0) is 36.0 Å². The van der Waals surface area contributed by atoms with Gasteiger partial charge in [0.25, 0.3) is 0 Å². The van der Waals surface area contributed by atoms with Gasteiger partial charge in [0.2, 0.25) is 0 Å². The number of hydrogen-bond acceptors (Lipinski definition) is 4. The summed E-state index contributed by atoms with van der Waals surface area (Å²) in [5.41, 5.74) is -4.56. The van der Waals surface area contributed by atoms with Crippen molar-refractivity contribution in [3.63, 3.8) is 0 Å². The predicted molar refractivity (Wildman–Crippen MR) is 61.4 cm³/mol. The van der Waals surface area contributed by atoms with Crippen LogP contribution in [0, 0.1) is 0 Å². The molecule has 7 heteroatoms. The maximum atomic E-state index is 12.0. The van der Waals surface area contributed by atoms with Gasteiger partial charge in [-0.3, -0.25) is 0 Å². The lowest BCUT2D eigenvalue weighted by molar-refractivity contribution is -0.129. The van der Waals surface area contributed by atoms with Gasteiger partial charge < -0.3 is 9.47 Å². The quantitative estimate of drug-likeness (QED) is 0.480. The van der Waals surface area contributed by atoms with Crippen molar-refractivity contribution in [3.05, 3.63) is 35.7 Å². The summed E-state index contributed by atoms with van der Waals surface area (Å²) in [7, 11) is 1.46. The van der Waals surface area contributed by atoms with Gasteiger partial charge >= 0.3 is 11.5 Å². The van der Waals surface area contributed by atoms with E-state index in [1.807, 2.05) is 0 Å². The van der Waals surface area contributed by atoms with Gasteiger partial charge in [-0.15, -0.1) is 0 Å². The molecule has 0 spiro atoms. The number of methoxy groups -OCH3 is 1. The minimum atomic E-state index is -4.56. The highest BCUT2D eigenvalue weighted by Gasteiger charge is 2.32. The molecular formula is C11H9F3O3S. The normalized spacial score (nSPS) is 10.9. The zero-order valence-corrected chi connectivity index (χ0v) is 10.1. The molecule has 0 radical (unpaired) electrons. The van der Waals surface area contributed by atoms with Crippen molar-refractivity contribution in [1.29, 1.82) is 0 Å². The van der Waals surface area contributed by atoms with Crippen molar-refractivity contribution in [2.45, 2.75) is 5.51 Å². The summed E-state index contributed by atoms with van der Waals surface area (Å²) in [6.07, 6.45) is 0. The number of hydrogen-bond donors (Lipinski definition) is 0. The molecule has 1 aromatic rings. The van der Waals surface area contributed by atoms with Gasteiger partial charge in [0.05, 0.1) is 12.0 Å². The van der Waals surface area contributed by atoms with E-state index in [-0.39, 0.29) is 5.75 Å². The van der Waals surface area contributed by atoms with E-state index in [2.05, 4.69) is 6.58 Å². The third-order valence-electron chi connectivity index (χ3n) is 1.74. The first-order valence-corrected chi connectivity index (χ1v) is 5.44. The Bertz CT molecular complexity index is 440. The van der Waals surface area contributed by atoms with E-state index in [0.717, 1.165) is 0 Å². The number of ether oxygens (including phenoxy) is 2. The lowest BCUT2D eigenvalue weighted by atomic mass is 10.3. The minimum Gasteiger partial charge on any atom is -0.497 e. The number of esters is 1. The third-order valence-corrected chi connectivity index (χ3v) is 2.38. The maximum absolute atomic E-state index is 12.0. The Morgan fingerprint density at radius 2 is 1.72 bits per heavy atom. The topological polar surface area (TPSA) is 35.5 Å². The number of thioether (sulfide) groups is 1. The van der Waals surface area contributed by atoms with Gasteiger partial charge in [0, 0.05) is 0 Å². The largest absolute Gasteiger partial charge is 0.497 e. The highest BCUT2D eigenvalue weighted by atomic mass is 32.2. The van der Waals surface area contributed by atoms with E-state index in [1.165, 1.54) is 31.4 Å². The number of carbonyl (C=O) groups is 1. The predicted octanol–water partition coefficient (Wildman–Crippen LogP) is 3.37. The molecule has 0 bridgehead atoms.